The van der Waals surface area contributed by atoms with Crippen LogP contribution in [0.3, 0.4) is 0 Å². The molecule has 0 aliphatic rings. The highest BCUT2D eigenvalue weighted by atomic mass is 19.1. The van der Waals surface area contributed by atoms with Crippen molar-refractivity contribution in [2.45, 2.75) is 25.9 Å². The van der Waals surface area contributed by atoms with E-state index in [0.717, 1.165) is 12.0 Å². The number of rotatable bonds is 10. The zero-order valence-corrected chi connectivity index (χ0v) is 20.2. The Bertz CT molecular complexity index is 1320. The largest absolute Gasteiger partial charge is 0.383 e. The number of methoxy groups -OCH3 is 1. The Kier molecular flexibility index (Phi) is 8.02. The lowest BCUT2D eigenvalue weighted by molar-refractivity contribution is -0.127. The van der Waals surface area contributed by atoms with Crippen LogP contribution in [0.1, 0.15) is 24.1 Å². The van der Waals surface area contributed by atoms with Crippen molar-refractivity contribution in [3.63, 3.8) is 0 Å². The van der Waals surface area contributed by atoms with Crippen LogP contribution in [0.15, 0.2) is 72.8 Å². The fourth-order valence-corrected chi connectivity index (χ4v) is 4.00. The lowest BCUT2D eigenvalue weighted by Gasteiger charge is -2.31. The zero-order valence-electron chi connectivity index (χ0n) is 20.2. The Morgan fingerprint density at radius 3 is 2.47 bits per heavy atom. The van der Waals surface area contributed by atoms with Gasteiger partial charge in [-0.3, -0.25) is 14.5 Å². The Hall–Kier alpha value is -4.11. The van der Waals surface area contributed by atoms with Gasteiger partial charge in [0.05, 0.1) is 12.1 Å². The fourth-order valence-electron chi connectivity index (χ4n) is 4.00. The highest BCUT2D eigenvalue weighted by Gasteiger charge is 2.33. The molecule has 0 unspecified atom stereocenters. The zero-order chi connectivity index (χ0) is 25.5. The molecule has 4 aromatic rings. The summed E-state index contributed by atoms with van der Waals surface area (Å²) in [6, 6.07) is 19.4. The first-order valence-corrected chi connectivity index (χ1v) is 11.7. The van der Waals surface area contributed by atoms with E-state index in [1.54, 1.807) is 0 Å². The van der Waals surface area contributed by atoms with Gasteiger partial charge in [-0.05, 0) is 53.9 Å². The van der Waals surface area contributed by atoms with Gasteiger partial charge in [-0.15, -0.1) is 5.10 Å². The molecule has 36 heavy (non-hydrogen) atoms. The molecule has 0 saturated carbocycles. The van der Waals surface area contributed by atoms with E-state index < -0.39 is 17.8 Å². The number of nitrogens with one attached hydrogen (secondary N) is 1. The van der Waals surface area contributed by atoms with Crippen LogP contribution in [0.2, 0.25) is 0 Å². The average Bonchev–Trinajstić information content (AvgIpc) is 3.30. The summed E-state index contributed by atoms with van der Waals surface area (Å²) in [5.41, 5.74) is 3.48. The summed E-state index contributed by atoms with van der Waals surface area (Å²) in [5.74, 6) is -1.21. The number of para-hydroxylation sites is 1. The standard InChI is InChI=1S/C27H28FN5O3/c1-3-19-8-14-22(15-9-19)33(25(34)18-32-24-7-5-4-6-23(24)30-31-32)26(27(35)29-16-17-36-2)20-10-12-21(28)13-11-20/h4-15,26H,3,16-18H2,1-2H3,(H,29,35)/t26-/m1/s1. The van der Waals surface area contributed by atoms with Crippen molar-refractivity contribution in [2.75, 3.05) is 25.2 Å². The number of carbonyl (C=O) groups excluding carboxylic acids is 2. The predicted octanol–water partition coefficient (Wildman–Crippen LogP) is 3.67. The van der Waals surface area contributed by atoms with Gasteiger partial charge in [-0.2, -0.15) is 0 Å². The van der Waals surface area contributed by atoms with Crippen molar-refractivity contribution in [2.24, 2.45) is 0 Å². The number of hydrogen-bond donors (Lipinski definition) is 1. The molecule has 186 valence electrons. The molecular formula is C27H28FN5O3. The number of aromatic nitrogens is 3. The molecule has 1 heterocycles. The van der Waals surface area contributed by atoms with Crippen LogP contribution in [-0.2, 0) is 27.3 Å². The average molecular weight is 490 g/mol. The highest BCUT2D eigenvalue weighted by Crippen LogP contribution is 2.29. The number of fused-ring (bicyclic) bond motifs is 1. The SMILES string of the molecule is CCc1ccc(N(C(=O)Cn2nnc3ccccc32)[C@@H](C(=O)NCCOC)c2ccc(F)cc2)cc1. The molecule has 3 aromatic carbocycles. The number of ether oxygens (including phenoxy) is 1. The molecule has 8 nitrogen and oxygen atoms in total. The van der Waals surface area contributed by atoms with E-state index in [0.29, 0.717) is 28.9 Å². The second-order valence-electron chi connectivity index (χ2n) is 8.26. The summed E-state index contributed by atoms with van der Waals surface area (Å²) in [4.78, 5) is 28.8. The van der Waals surface area contributed by atoms with Crippen molar-refractivity contribution in [3.8, 4) is 0 Å². The molecule has 0 saturated heterocycles. The van der Waals surface area contributed by atoms with Crippen molar-refractivity contribution in [3.05, 3.63) is 89.7 Å². The van der Waals surface area contributed by atoms with E-state index in [4.69, 9.17) is 4.74 Å². The van der Waals surface area contributed by atoms with Crippen LogP contribution in [0.25, 0.3) is 11.0 Å². The van der Waals surface area contributed by atoms with Gasteiger partial charge in [-0.25, -0.2) is 9.07 Å². The number of nitrogens with zero attached hydrogens (tertiary/aromatic N) is 4. The Labute approximate surface area is 208 Å². The molecule has 0 aliphatic heterocycles. The first-order chi connectivity index (χ1) is 17.5. The number of aryl methyl sites for hydroxylation is 1. The molecule has 1 N–H and O–H groups in total. The third-order valence-electron chi connectivity index (χ3n) is 5.89. The summed E-state index contributed by atoms with van der Waals surface area (Å²) >= 11 is 0. The number of carbonyl (C=O) groups is 2. The maximum absolute atomic E-state index is 13.9. The number of amides is 2. The maximum Gasteiger partial charge on any atom is 0.249 e. The molecule has 0 bridgehead atoms. The van der Waals surface area contributed by atoms with Gasteiger partial charge >= 0.3 is 0 Å². The lowest BCUT2D eigenvalue weighted by Crippen LogP contribution is -2.46. The Morgan fingerprint density at radius 1 is 1.06 bits per heavy atom. The normalized spacial score (nSPS) is 11.9. The smallest absolute Gasteiger partial charge is 0.249 e. The molecule has 1 atom stereocenters. The molecule has 0 fully saturated rings. The van der Waals surface area contributed by atoms with E-state index >= 15 is 0 Å². The minimum atomic E-state index is -1.04. The van der Waals surface area contributed by atoms with Crippen LogP contribution >= 0.6 is 0 Å². The van der Waals surface area contributed by atoms with Crippen molar-refractivity contribution >= 4 is 28.5 Å². The van der Waals surface area contributed by atoms with Gasteiger partial charge in [-0.1, -0.05) is 48.5 Å². The van der Waals surface area contributed by atoms with Crippen LogP contribution in [-0.4, -0.2) is 47.1 Å². The topological polar surface area (TPSA) is 89.4 Å². The van der Waals surface area contributed by atoms with E-state index in [9.17, 15) is 14.0 Å². The molecule has 0 radical (unpaired) electrons. The molecule has 0 aliphatic carbocycles. The van der Waals surface area contributed by atoms with E-state index in [2.05, 4.69) is 15.6 Å². The summed E-state index contributed by atoms with van der Waals surface area (Å²) in [6.07, 6.45) is 0.831. The maximum atomic E-state index is 13.9. The van der Waals surface area contributed by atoms with Crippen LogP contribution in [0, 0.1) is 5.82 Å². The number of benzene rings is 3. The van der Waals surface area contributed by atoms with E-state index in [-0.39, 0.29) is 19.0 Å². The van der Waals surface area contributed by atoms with Crippen LogP contribution < -0.4 is 10.2 Å². The molecule has 4 rings (SSSR count). The van der Waals surface area contributed by atoms with Gasteiger partial charge in [0.15, 0.2) is 0 Å². The van der Waals surface area contributed by atoms with E-state index in [1.165, 1.54) is 41.0 Å². The Morgan fingerprint density at radius 2 is 1.78 bits per heavy atom. The predicted molar refractivity (Wildman–Crippen MR) is 135 cm³/mol. The minimum Gasteiger partial charge on any atom is -0.383 e. The van der Waals surface area contributed by atoms with Gasteiger partial charge in [0, 0.05) is 19.3 Å². The summed E-state index contributed by atoms with van der Waals surface area (Å²) in [5, 5.41) is 11.1. The number of hydrogen-bond acceptors (Lipinski definition) is 5. The summed E-state index contributed by atoms with van der Waals surface area (Å²) in [7, 11) is 1.54. The quantitative estimate of drug-likeness (QED) is 0.344. The molecule has 9 heteroatoms. The van der Waals surface area contributed by atoms with E-state index in [1.807, 2.05) is 55.5 Å². The van der Waals surface area contributed by atoms with Crippen molar-refractivity contribution in [1.29, 1.82) is 0 Å². The summed E-state index contributed by atoms with van der Waals surface area (Å²) < 4.78 is 20.3. The van der Waals surface area contributed by atoms with Crippen molar-refractivity contribution < 1.29 is 18.7 Å². The van der Waals surface area contributed by atoms with Gasteiger partial charge in [0.1, 0.15) is 23.9 Å². The minimum absolute atomic E-state index is 0.140. The lowest BCUT2D eigenvalue weighted by atomic mass is 10.0. The fraction of sp³-hybridized carbons (Fsp3) is 0.259. The highest BCUT2D eigenvalue weighted by molar-refractivity contribution is 6.01. The van der Waals surface area contributed by atoms with Gasteiger partial charge in [0.25, 0.3) is 0 Å². The Balaban J connectivity index is 1.77. The second-order valence-corrected chi connectivity index (χ2v) is 8.26. The third-order valence-corrected chi connectivity index (χ3v) is 5.89. The third kappa shape index (κ3) is 5.58. The molecular weight excluding hydrogens is 461 g/mol. The first kappa shape index (κ1) is 25.0. The number of anilines is 1. The van der Waals surface area contributed by atoms with Gasteiger partial charge in [0.2, 0.25) is 11.8 Å². The van der Waals surface area contributed by atoms with Gasteiger partial charge < -0.3 is 10.1 Å². The molecule has 2 amide bonds. The number of halogens is 1. The van der Waals surface area contributed by atoms with Crippen molar-refractivity contribution in [1.82, 2.24) is 20.3 Å². The summed E-state index contributed by atoms with van der Waals surface area (Å²) in [6.45, 7) is 2.47. The monoisotopic (exact) mass is 489 g/mol. The molecule has 1 aromatic heterocycles. The first-order valence-electron chi connectivity index (χ1n) is 11.7. The second kappa shape index (κ2) is 11.5. The van der Waals surface area contributed by atoms with Crippen LogP contribution in [0.5, 0.6) is 0 Å². The molecule has 0 spiro atoms. The van der Waals surface area contributed by atoms with Crippen LogP contribution in [0.4, 0.5) is 10.1 Å².